The summed E-state index contributed by atoms with van der Waals surface area (Å²) in [5.41, 5.74) is 0.930. The molecule has 1 aromatic carbocycles. The van der Waals surface area contributed by atoms with Gasteiger partial charge in [0.15, 0.2) is 0 Å². The molecular formula is C14H14BrNO3. The lowest BCUT2D eigenvalue weighted by Crippen LogP contribution is -2.42. The van der Waals surface area contributed by atoms with Crippen molar-refractivity contribution in [2.24, 2.45) is 5.92 Å². The van der Waals surface area contributed by atoms with Crippen LogP contribution in [0.5, 0.6) is 0 Å². The van der Waals surface area contributed by atoms with Gasteiger partial charge in [0.05, 0.1) is 11.1 Å². The predicted octanol–water partition coefficient (Wildman–Crippen LogP) is 2.21. The van der Waals surface area contributed by atoms with Crippen LogP contribution in [0.1, 0.15) is 40.0 Å². The number of aliphatic hydroxyl groups excluding tert-OH is 1. The van der Waals surface area contributed by atoms with Gasteiger partial charge in [0.1, 0.15) is 0 Å². The zero-order valence-electron chi connectivity index (χ0n) is 10.3. The van der Waals surface area contributed by atoms with Crippen LogP contribution in [-0.2, 0) is 0 Å². The van der Waals surface area contributed by atoms with Crippen molar-refractivity contribution in [3.63, 3.8) is 0 Å². The minimum atomic E-state index is -0.230. The lowest BCUT2D eigenvalue weighted by atomic mass is 10.0. The van der Waals surface area contributed by atoms with Gasteiger partial charge in [-0.25, -0.2) is 0 Å². The van der Waals surface area contributed by atoms with E-state index in [1.54, 1.807) is 18.2 Å². The first-order valence-corrected chi connectivity index (χ1v) is 7.21. The molecule has 1 N–H and O–H groups in total. The Morgan fingerprint density at radius 3 is 2.68 bits per heavy atom. The van der Waals surface area contributed by atoms with Crippen LogP contribution in [0.3, 0.4) is 0 Å². The number of halogens is 1. The molecule has 3 rings (SSSR count). The zero-order chi connectivity index (χ0) is 13.6. The van der Waals surface area contributed by atoms with Crippen LogP contribution in [0.2, 0.25) is 0 Å². The number of amides is 2. The van der Waals surface area contributed by atoms with Crippen molar-refractivity contribution < 1.29 is 14.7 Å². The van der Waals surface area contributed by atoms with Gasteiger partial charge in [-0.05, 0) is 31.0 Å². The summed E-state index contributed by atoms with van der Waals surface area (Å²) in [5, 5.41) is 9.37. The smallest absolute Gasteiger partial charge is 0.261 e. The van der Waals surface area contributed by atoms with Gasteiger partial charge < -0.3 is 5.11 Å². The van der Waals surface area contributed by atoms with Crippen LogP contribution in [-0.4, -0.2) is 34.5 Å². The molecule has 4 nitrogen and oxygen atoms in total. The number of benzene rings is 1. The predicted molar refractivity (Wildman–Crippen MR) is 72.9 cm³/mol. The average Bonchev–Trinajstić information content (AvgIpc) is 2.94. The number of nitrogens with zero attached hydrogens (tertiary/aromatic N) is 1. The second-order valence-electron chi connectivity index (χ2n) is 5.11. The van der Waals surface area contributed by atoms with Crippen molar-refractivity contribution in [3.8, 4) is 0 Å². The lowest BCUT2D eigenvalue weighted by molar-refractivity contribution is 0.0514. The Hall–Kier alpha value is -1.20. The first kappa shape index (κ1) is 12.8. The van der Waals surface area contributed by atoms with Gasteiger partial charge in [-0.15, -0.1) is 0 Å². The fourth-order valence-electron chi connectivity index (χ4n) is 3.10. The third-order valence-corrected chi connectivity index (χ3v) is 4.56. The summed E-state index contributed by atoms with van der Waals surface area (Å²) in [6.07, 6.45) is 2.61. The molecule has 19 heavy (non-hydrogen) atoms. The number of carbonyl (C=O) groups excluding carboxylic acids is 2. The van der Waals surface area contributed by atoms with E-state index in [2.05, 4.69) is 15.9 Å². The molecule has 2 aliphatic rings. The minimum Gasteiger partial charge on any atom is -0.396 e. The Labute approximate surface area is 119 Å². The second kappa shape index (κ2) is 4.72. The van der Waals surface area contributed by atoms with Crippen LogP contribution in [0, 0.1) is 5.92 Å². The molecule has 0 spiro atoms. The number of carbonyl (C=O) groups is 2. The van der Waals surface area contributed by atoms with E-state index in [0.29, 0.717) is 11.1 Å². The van der Waals surface area contributed by atoms with Crippen LogP contribution in [0.4, 0.5) is 0 Å². The zero-order valence-corrected chi connectivity index (χ0v) is 11.9. The monoisotopic (exact) mass is 323 g/mol. The van der Waals surface area contributed by atoms with E-state index in [1.807, 2.05) is 0 Å². The molecule has 1 fully saturated rings. The van der Waals surface area contributed by atoms with E-state index in [1.165, 1.54) is 4.90 Å². The highest BCUT2D eigenvalue weighted by Gasteiger charge is 2.44. The molecule has 0 radical (unpaired) electrons. The molecular weight excluding hydrogens is 310 g/mol. The maximum Gasteiger partial charge on any atom is 0.261 e. The Balaban J connectivity index is 1.98. The lowest BCUT2D eigenvalue weighted by Gasteiger charge is -2.26. The maximum absolute atomic E-state index is 12.4. The number of imide groups is 1. The second-order valence-corrected chi connectivity index (χ2v) is 6.03. The van der Waals surface area contributed by atoms with Crippen molar-refractivity contribution in [2.45, 2.75) is 25.3 Å². The molecule has 100 valence electrons. The first-order valence-electron chi connectivity index (χ1n) is 6.41. The third-order valence-electron chi connectivity index (χ3n) is 4.07. The van der Waals surface area contributed by atoms with Crippen molar-refractivity contribution in [3.05, 3.63) is 33.8 Å². The molecule has 2 unspecified atom stereocenters. The summed E-state index contributed by atoms with van der Waals surface area (Å²) in [7, 11) is 0. The molecule has 0 saturated heterocycles. The average molecular weight is 324 g/mol. The fraction of sp³-hybridized carbons (Fsp3) is 0.429. The Morgan fingerprint density at radius 1 is 1.21 bits per heavy atom. The fourth-order valence-corrected chi connectivity index (χ4v) is 3.46. The van der Waals surface area contributed by atoms with Gasteiger partial charge in [0.25, 0.3) is 11.8 Å². The van der Waals surface area contributed by atoms with Gasteiger partial charge >= 0.3 is 0 Å². The molecule has 1 aromatic rings. The van der Waals surface area contributed by atoms with Crippen LogP contribution >= 0.6 is 15.9 Å². The molecule has 2 atom stereocenters. The minimum absolute atomic E-state index is 0.0191. The van der Waals surface area contributed by atoms with Gasteiger partial charge in [-0.2, -0.15) is 0 Å². The number of rotatable bonds is 2. The van der Waals surface area contributed by atoms with E-state index < -0.39 is 0 Å². The molecule has 1 aliphatic carbocycles. The normalized spacial score (nSPS) is 26.1. The molecule has 5 heteroatoms. The van der Waals surface area contributed by atoms with Gasteiger partial charge in [-0.1, -0.05) is 22.4 Å². The summed E-state index contributed by atoms with van der Waals surface area (Å²) in [4.78, 5) is 26.1. The van der Waals surface area contributed by atoms with Crippen LogP contribution < -0.4 is 0 Å². The first-order chi connectivity index (χ1) is 9.13. The summed E-state index contributed by atoms with van der Waals surface area (Å²) in [6.45, 7) is 0.0295. The Morgan fingerprint density at radius 2 is 1.95 bits per heavy atom. The van der Waals surface area contributed by atoms with E-state index in [4.69, 9.17) is 0 Å². The highest BCUT2D eigenvalue weighted by Crippen LogP contribution is 2.35. The number of hydrogen-bond donors (Lipinski definition) is 1. The number of aliphatic hydroxyl groups is 1. The van der Waals surface area contributed by atoms with E-state index in [-0.39, 0.29) is 30.4 Å². The van der Waals surface area contributed by atoms with Crippen molar-refractivity contribution >= 4 is 27.7 Å². The summed E-state index contributed by atoms with van der Waals surface area (Å²) >= 11 is 3.32. The summed E-state index contributed by atoms with van der Waals surface area (Å²) < 4.78 is 0.791. The standard InChI is InChI=1S/C14H14BrNO3/c15-9-4-5-10-11(6-9)14(19)16(13(10)18)12-3-1-2-8(12)7-17/h4-6,8,12,17H,1-3,7H2. The highest BCUT2D eigenvalue weighted by atomic mass is 79.9. The van der Waals surface area contributed by atoms with Gasteiger partial charge in [0.2, 0.25) is 0 Å². The quantitative estimate of drug-likeness (QED) is 0.849. The van der Waals surface area contributed by atoms with Crippen molar-refractivity contribution in [2.75, 3.05) is 6.61 Å². The van der Waals surface area contributed by atoms with Crippen molar-refractivity contribution in [1.82, 2.24) is 4.90 Å². The Bertz CT molecular complexity index is 558. The van der Waals surface area contributed by atoms with Gasteiger partial charge in [-0.3, -0.25) is 14.5 Å². The van der Waals surface area contributed by atoms with Crippen LogP contribution in [0.15, 0.2) is 22.7 Å². The molecule has 2 amide bonds. The molecule has 0 bridgehead atoms. The third kappa shape index (κ3) is 1.92. The van der Waals surface area contributed by atoms with E-state index in [9.17, 15) is 14.7 Å². The largest absolute Gasteiger partial charge is 0.396 e. The van der Waals surface area contributed by atoms with E-state index in [0.717, 1.165) is 23.7 Å². The van der Waals surface area contributed by atoms with Crippen molar-refractivity contribution in [1.29, 1.82) is 0 Å². The topological polar surface area (TPSA) is 57.6 Å². The molecule has 1 aliphatic heterocycles. The number of hydrogen-bond acceptors (Lipinski definition) is 3. The number of fused-ring (bicyclic) bond motifs is 1. The maximum atomic E-state index is 12.4. The Kier molecular flexibility index (Phi) is 3.19. The SMILES string of the molecule is O=C1c2ccc(Br)cc2C(=O)N1C1CCCC1CO. The molecule has 1 heterocycles. The van der Waals surface area contributed by atoms with Gasteiger partial charge in [0, 0.05) is 23.0 Å². The molecule has 1 saturated carbocycles. The summed E-state index contributed by atoms with van der Waals surface area (Å²) in [6, 6.07) is 4.99. The van der Waals surface area contributed by atoms with E-state index >= 15 is 0 Å². The molecule has 0 aromatic heterocycles. The highest BCUT2D eigenvalue weighted by molar-refractivity contribution is 9.10. The summed E-state index contributed by atoms with van der Waals surface area (Å²) in [5.74, 6) is -0.435. The van der Waals surface area contributed by atoms with Crippen LogP contribution in [0.25, 0.3) is 0 Å².